The summed E-state index contributed by atoms with van der Waals surface area (Å²) in [5.41, 5.74) is -0.337. The minimum Gasteiger partial charge on any atom is -0.726 e. The van der Waals surface area contributed by atoms with E-state index in [4.69, 9.17) is 4.18 Å². The molecule has 0 aromatic rings. The van der Waals surface area contributed by atoms with Gasteiger partial charge in [0, 0.05) is 7.26 Å². The lowest BCUT2D eigenvalue weighted by Gasteiger charge is -2.42. The van der Waals surface area contributed by atoms with Crippen molar-refractivity contribution < 1.29 is 17.2 Å². The van der Waals surface area contributed by atoms with Crippen LogP contribution in [-0.4, -0.2) is 43.7 Å². The molecule has 3 atom stereocenters. The summed E-state index contributed by atoms with van der Waals surface area (Å²) in [7, 11) is -5.15. The molecule has 2 rings (SSSR count). The predicted octanol–water partition coefficient (Wildman–Crippen LogP) is 7.88. The van der Waals surface area contributed by atoms with E-state index in [0.29, 0.717) is 5.92 Å². The number of unbranched alkanes of at least 4 members (excludes halogenated alkanes) is 4. The number of rotatable bonds is 14. The molecule has 0 N–H and O–H groups in total. The maximum Gasteiger partial charge on any atom is 0.217 e. The third kappa shape index (κ3) is 8.82. The van der Waals surface area contributed by atoms with Gasteiger partial charge in [-0.3, -0.25) is 4.18 Å². The Labute approximate surface area is 201 Å². The normalized spacial score (nSPS) is 26.8. The maximum atomic E-state index is 10.7. The lowest BCUT2D eigenvalue weighted by atomic mass is 9.70. The zero-order valence-electron chi connectivity index (χ0n) is 22.2. The van der Waals surface area contributed by atoms with Gasteiger partial charge in [-0.05, 0) is 61.7 Å². The average molecular weight is 493 g/mol. The van der Waals surface area contributed by atoms with Gasteiger partial charge in [0.1, 0.15) is 0 Å². The summed E-state index contributed by atoms with van der Waals surface area (Å²) in [6, 6.07) is 0. The number of fused-ring (bicyclic) bond motifs is 2. The van der Waals surface area contributed by atoms with E-state index < -0.39 is 23.8 Å². The molecule has 6 heteroatoms. The quantitative estimate of drug-likeness (QED) is 0.140. The van der Waals surface area contributed by atoms with E-state index in [0.717, 1.165) is 19.3 Å². The Morgan fingerprint density at radius 1 is 0.844 bits per heavy atom. The predicted molar refractivity (Wildman–Crippen MR) is 140 cm³/mol. The molecule has 0 aromatic carbocycles. The number of hydrogen-bond acceptors (Lipinski definition) is 4. The van der Waals surface area contributed by atoms with Gasteiger partial charge in [-0.2, -0.15) is 0 Å². The van der Waals surface area contributed by atoms with Gasteiger partial charge in [0.2, 0.25) is 10.4 Å². The van der Waals surface area contributed by atoms with Crippen LogP contribution >= 0.6 is 7.26 Å². The fourth-order valence-electron chi connectivity index (χ4n) is 6.26. The summed E-state index contributed by atoms with van der Waals surface area (Å²) < 4.78 is 36.9. The van der Waals surface area contributed by atoms with Crippen LogP contribution < -0.4 is 0 Å². The first-order chi connectivity index (χ1) is 14.9. The molecule has 2 bridgehead atoms. The highest BCUT2D eigenvalue weighted by atomic mass is 32.3. The SMILES string of the molecule is CC1(C)[C@H]2CC[C@](C)(C2)[C@H]1OS(=O)(=O)[O-].CCCC[P+](CCCC)(CCCC)CCCC. The zero-order chi connectivity index (χ0) is 24.5. The Hall–Kier alpha value is 0.300. The topological polar surface area (TPSA) is 66.4 Å². The molecule has 2 saturated carbocycles. The summed E-state index contributed by atoms with van der Waals surface area (Å²) in [6.07, 6.45) is 20.5. The Morgan fingerprint density at radius 2 is 1.25 bits per heavy atom. The van der Waals surface area contributed by atoms with E-state index in [9.17, 15) is 13.0 Å². The van der Waals surface area contributed by atoms with Gasteiger partial charge in [-0.25, -0.2) is 8.42 Å². The molecule has 4 nitrogen and oxygen atoms in total. The molecule has 0 amide bonds. The summed E-state index contributed by atoms with van der Waals surface area (Å²) in [6.45, 7) is 15.4. The first kappa shape index (κ1) is 30.3. The minimum atomic E-state index is -4.59. The van der Waals surface area contributed by atoms with Crippen LogP contribution in [0.2, 0.25) is 0 Å². The molecule has 0 aromatic heterocycles. The van der Waals surface area contributed by atoms with E-state index in [1.54, 1.807) is 24.6 Å². The van der Waals surface area contributed by atoms with Crippen LogP contribution in [0.3, 0.4) is 0 Å². The molecule has 0 heterocycles. The van der Waals surface area contributed by atoms with Crippen LogP contribution in [-0.2, 0) is 14.6 Å². The molecule has 0 saturated heterocycles. The highest BCUT2D eigenvalue weighted by Crippen LogP contribution is 2.64. The van der Waals surface area contributed by atoms with E-state index in [1.807, 2.05) is 20.8 Å². The molecule has 32 heavy (non-hydrogen) atoms. The monoisotopic (exact) mass is 492 g/mol. The smallest absolute Gasteiger partial charge is 0.217 e. The van der Waals surface area contributed by atoms with E-state index in [-0.39, 0.29) is 10.8 Å². The fourth-order valence-corrected chi connectivity index (χ4v) is 12.3. The second-order valence-electron chi connectivity index (χ2n) is 11.4. The van der Waals surface area contributed by atoms with Crippen molar-refractivity contribution in [2.75, 3.05) is 24.6 Å². The third-order valence-corrected chi connectivity index (χ3v) is 13.8. The highest BCUT2D eigenvalue weighted by molar-refractivity contribution is 7.80. The summed E-state index contributed by atoms with van der Waals surface area (Å²) in [4.78, 5) is 0. The van der Waals surface area contributed by atoms with Gasteiger partial charge in [0.25, 0.3) is 0 Å². The fraction of sp³-hybridized carbons (Fsp3) is 1.00. The minimum absolute atomic E-state index is 0.133. The summed E-state index contributed by atoms with van der Waals surface area (Å²) in [5.74, 6) is 0.481. The molecular formula is C26H53O4PS. The summed E-state index contributed by atoms with van der Waals surface area (Å²) in [5, 5.41) is 0. The third-order valence-electron chi connectivity index (χ3n) is 8.30. The molecule has 0 spiro atoms. The van der Waals surface area contributed by atoms with Crippen molar-refractivity contribution in [2.24, 2.45) is 16.7 Å². The Kier molecular flexibility index (Phi) is 12.7. The van der Waals surface area contributed by atoms with Crippen molar-refractivity contribution in [3.63, 3.8) is 0 Å². The van der Waals surface area contributed by atoms with Crippen molar-refractivity contribution in [2.45, 2.75) is 125 Å². The molecule has 0 radical (unpaired) electrons. The first-order valence-corrected chi connectivity index (χ1v) is 17.2. The van der Waals surface area contributed by atoms with Gasteiger partial charge in [-0.15, -0.1) is 0 Å². The average Bonchev–Trinajstić information content (AvgIpc) is 3.21. The lowest BCUT2D eigenvalue weighted by molar-refractivity contribution is -0.0175. The van der Waals surface area contributed by atoms with Gasteiger partial charge in [-0.1, -0.05) is 74.1 Å². The lowest BCUT2D eigenvalue weighted by Crippen LogP contribution is -2.43. The van der Waals surface area contributed by atoms with E-state index in [1.165, 1.54) is 51.4 Å². The van der Waals surface area contributed by atoms with Crippen molar-refractivity contribution >= 4 is 17.7 Å². The van der Waals surface area contributed by atoms with Crippen LogP contribution in [0.1, 0.15) is 119 Å². The van der Waals surface area contributed by atoms with Crippen LogP contribution in [0.15, 0.2) is 0 Å². The molecule has 0 unspecified atom stereocenters. The second kappa shape index (κ2) is 13.4. The number of hydrogen-bond donors (Lipinski definition) is 0. The van der Waals surface area contributed by atoms with Gasteiger partial charge in [0.15, 0.2) is 0 Å². The Morgan fingerprint density at radius 3 is 1.53 bits per heavy atom. The van der Waals surface area contributed by atoms with Gasteiger partial charge in [0.05, 0.1) is 30.8 Å². The largest absolute Gasteiger partial charge is 0.726 e. The molecular weight excluding hydrogens is 439 g/mol. The van der Waals surface area contributed by atoms with Crippen LogP contribution in [0, 0.1) is 16.7 Å². The highest BCUT2D eigenvalue weighted by Gasteiger charge is 2.60. The van der Waals surface area contributed by atoms with Crippen molar-refractivity contribution in [3.05, 3.63) is 0 Å². The maximum absolute atomic E-state index is 10.7. The van der Waals surface area contributed by atoms with Crippen molar-refractivity contribution in [1.82, 2.24) is 0 Å². The zero-order valence-corrected chi connectivity index (χ0v) is 24.0. The molecule has 2 aliphatic carbocycles. The Bertz CT molecular complexity index is 591. The van der Waals surface area contributed by atoms with Crippen LogP contribution in [0.4, 0.5) is 0 Å². The standard InChI is InChI=1S/C16H36P.C10H18O4S/c1-5-9-13-17(14-10-6-2,15-11-7-3)16-12-8-4;1-9(2)7-4-5-10(3,6-7)8(9)14-15(11,12)13/h5-16H2,1-4H3;7-8H,4-6H2,1-3H3,(H,11,12,13)/q+1;/p-1/t;7-,8-,10+/m.0/s1. The van der Waals surface area contributed by atoms with Gasteiger partial charge >= 0.3 is 0 Å². The first-order valence-electron chi connectivity index (χ1n) is 13.4. The summed E-state index contributed by atoms with van der Waals surface area (Å²) >= 11 is 0. The van der Waals surface area contributed by atoms with Crippen molar-refractivity contribution in [3.8, 4) is 0 Å². The van der Waals surface area contributed by atoms with Crippen LogP contribution in [0.5, 0.6) is 0 Å². The molecule has 0 aliphatic heterocycles. The van der Waals surface area contributed by atoms with E-state index >= 15 is 0 Å². The molecule has 2 fully saturated rings. The molecule has 2 aliphatic rings. The van der Waals surface area contributed by atoms with Gasteiger partial charge < -0.3 is 4.55 Å². The van der Waals surface area contributed by atoms with E-state index in [2.05, 4.69) is 27.7 Å². The van der Waals surface area contributed by atoms with Crippen molar-refractivity contribution in [1.29, 1.82) is 0 Å². The second-order valence-corrected chi connectivity index (χ2v) is 16.9. The molecule has 192 valence electrons. The van der Waals surface area contributed by atoms with Crippen LogP contribution in [0.25, 0.3) is 0 Å². The Balaban J connectivity index is 0.000000321.